The van der Waals surface area contributed by atoms with Crippen molar-refractivity contribution in [1.29, 1.82) is 0 Å². The van der Waals surface area contributed by atoms with Crippen molar-refractivity contribution in [3.63, 3.8) is 0 Å². The molecular formula is C13H7ClF5NO2S. The Morgan fingerprint density at radius 1 is 1.00 bits per heavy atom. The Morgan fingerprint density at radius 3 is 2.22 bits per heavy atom. The molecule has 2 rings (SSSR count). The molecule has 23 heavy (non-hydrogen) atoms. The number of benzene rings is 2. The first-order valence-corrected chi connectivity index (χ1v) is 7.71. The summed E-state index contributed by atoms with van der Waals surface area (Å²) in [7, 11) is -4.59. The van der Waals surface area contributed by atoms with E-state index in [-0.39, 0.29) is 5.02 Å². The molecule has 0 saturated heterocycles. The van der Waals surface area contributed by atoms with E-state index in [2.05, 4.69) is 0 Å². The summed E-state index contributed by atoms with van der Waals surface area (Å²) in [5.41, 5.74) is -1.72. The van der Waals surface area contributed by atoms with Crippen molar-refractivity contribution in [2.24, 2.45) is 0 Å². The molecule has 0 saturated carbocycles. The molecule has 0 bridgehead atoms. The van der Waals surface area contributed by atoms with Gasteiger partial charge in [-0.1, -0.05) is 11.6 Å². The van der Waals surface area contributed by atoms with Crippen LogP contribution < -0.4 is 4.72 Å². The highest BCUT2D eigenvalue weighted by Gasteiger charge is 2.31. The standard InChI is InChI=1S/C13H7ClF5NO2S/c14-9-3-1-7(13(17,18)19)5-11(9)20-23(21,22)12-4-2-8(15)6-10(12)16/h1-6,20H. The first kappa shape index (κ1) is 17.5. The number of hydrogen-bond donors (Lipinski definition) is 1. The van der Waals surface area contributed by atoms with Crippen LogP contribution in [0.3, 0.4) is 0 Å². The predicted molar refractivity (Wildman–Crippen MR) is 73.6 cm³/mol. The van der Waals surface area contributed by atoms with Gasteiger partial charge in [-0.2, -0.15) is 13.2 Å². The van der Waals surface area contributed by atoms with Gasteiger partial charge in [-0.25, -0.2) is 17.2 Å². The summed E-state index contributed by atoms with van der Waals surface area (Å²) in [6, 6.07) is 3.67. The lowest BCUT2D eigenvalue weighted by molar-refractivity contribution is -0.137. The highest BCUT2D eigenvalue weighted by Crippen LogP contribution is 2.34. The molecule has 0 atom stereocenters. The number of rotatable bonds is 3. The Balaban J connectivity index is 2.45. The molecule has 0 aliphatic carbocycles. The normalized spacial score (nSPS) is 12.3. The largest absolute Gasteiger partial charge is 0.416 e. The molecule has 0 fully saturated rings. The Morgan fingerprint density at radius 2 is 1.65 bits per heavy atom. The highest BCUT2D eigenvalue weighted by atomic mass is 35.5. The van der Waals surface area contributed by atoms with E-state index < -0.39 is 44.0 Å². The molecular weight excluding hydrogens is 365 g/mol. The number of nitrogens with one attached hydrogen (secondary N) is 1. The van der Waals surface area contributed by atoms with Crippen LogP contribution in [0, 0.1) is 11.6 Å². The summed E-state index contributed by atoms with van der Waals surface area (Å²) in [6.07, 6.45) is -4.72. The zero-order valence-electron chi connectivity index (χ0n) is 11.0. The Kier molecular flexibility index (Phi) is 4.54. The van der Waals surface area contributed by atoms with E-state index in [0.29, 0.717) is 30.3 Å². The fourth-order valence-electron chi connectivity index (χ4n) is 1.67. The average molecular weight is 372 g/mol. The van der Waals surface area contributed by atoms with E-state index in [1.165, 1.54) is 0 Å². The first-order valence-electron chi connectivity index (χ1n) is 5.85. The summed E-state index contributed by atoms with van der Waals surface area (Å²) in [5, 5.41) is -0.316. The van der Waals surface area contributed by atoms with Crippen molar-refractivity contribution in [2.45, 2.75) is 11.1 Å². The van der Waals surface area contributed by atoms with Gasteiger partial charge in [0.2, 0.25) is 0 Å². The summed E-state index contributed by atoms with van der Waals surface area (Å²) in [6.45, 7) is 0. The summed E-state index contributed by atoms with van der Waals surface area (Å²) in [5.74, 6) is -2.39. The fraction of sp³-hybridized carbons (Fsp3) is 0.0769. The number of anilines is 1. The second kappa shape index (κ2) is 5.97. The Bertz CT molecular complexity index is 852. The SMILES string of the molecule is O=S(=O)(Nc1cc(C(F)(F)F)ccc1Cl)c1ccc(F)cc1F. The van der Waals surface area contributed by atoms with Crippen molar-refractivity contribution in [3.05, 3.63) is 58.6 Å². The fourth-order valence-corrected chi connectivity index (χ4v) is 3.02. The monoisotopic (exact) mass is 371 g/mol. The Hall–Kier alpha value is -1.87. The van der Waals surface area contributed by atoms with Gasteiger partial charge in [0.15, 0.2) is 0 Å². The number of hydrogen-bond acceptors (Lipinski definition) is 2. The molecule has 0 aromatic heterocycles. The molecule has 124 valence electrons. The second-order valence-corrected chi connectivity index (χ2v) is 6.43. The molecule has 10 heteroatoms. The molecule has 0 spiro atoms. The van der Waals surface area contributed by atoms with E-state index in [1.807, 2.05) is 0 Å². The van der Waals surface area contributed by atoms with Gasteiger partial charge in [0.1, 0.15) is 16.5 Å². The third-order valence-corrected chi connectivity index (χ3v) is 4.45. The lowest BCUT2D eigenvalue weighted by atomic mass is 10.2. The summed E-state index contributed by atoms with van der Waals surface area (Å²) < 4.78 is 90.1. The maximum absolute atomic E-state index is 13.5. The van der Waals surface area contributed by atoms with Gasteiger partial charge >= 0.3 is 6.18 Å². The molecule has 2 aromatic rings. The quantitative estimate of drug-likeness (QED) is 0.811. The topological polar surface area (TPSA) is 46.2 Å². The van der Waals surface area contributed by atoms with Crippen LogP contribution in [0.5, 0.6) is 0 Å². The first-order chi connectivity index (χ1) is 10.5. The van der Waals surface area contributed by atoms with Gasteiger partial charge in [0, 0.05) is 6.07 Å². The van der Waals surface area contributed by atoms with Crippen LogP contribution in [0.2, 0.25) is 5.02 Å². The van der Waals surface area contributed by atoms with Crippen LogP contribution in [0.25, 0.3) is 0 Å². The lowest BCUT2D eigenvalue weighted by Crippen LogP contribution is -2.16. The molecule has 2 aromatic carbocycles. The minimum atomic E-state index is -4.72. The third kappa shape index (κ3) is 3.91. The van der Waals surface area contributed by atoms with Crippen LogP contribution in [0.1, 0.15) is 5.56 Å². The van der Waals surface area contributed by atoms with E-state index in [4.69, 9.17) is 11.6 Å². The molecule has 0 amide bonds. The Labute approximate surface area is 132 Å². The molecule has 0 radical (unpaired) electrons. The van der Waals surface area contributed by atoms with E-state index >= 15 is 0 Å². The highest BCUT2D eigenvalue weighted by molar-refractivity contribution is 7.92. The number of sulfonamides is 1. The van der Waals surface area contributed by atoms with Crippen LogP contribution in [0.4, 0.5) is 27.6 Å². The number of halogens is 6. The predicted octanol–water partition coefficient (Wildman–Crippen LogP) is 4.44. The van der Waals surface area contributed by atoms with Crippen molar-refractivity contribution in [2.75, 3.05) is 4.72 Å². The maximum atomic E-state index is 13.5. The van der Waals surface area contributed by atoms with Gasteiger partial charge in [0.05, 0.1) is 16.3 Å². The summed E-state index contributed by atoms with van der Waals surface area (Å²) >= 11 is 5.66. The molecule has 3 nitrogen and oxygen atoms in total. The zero-order chi connectivity index (χ0) is 17.4. The van der Waals surface area contributed by atoms with Gasteiger partial charge in [0.25, 0.3) is 10.0 Å². The van der Waals surface area contributed by atoms with Crippen molar-refractivity contribution < 1.29 is 30.4 Å². The zero-order valence-corrected chi connectivity index (χ0v) is 12.5. The van der Waals surface area contributed by atoms with Gasteiger partial charge < -0.3 is 0 Å². The maximum Gasteiger partial charge on any atom is 0.416 e. The second-order valence-electron chi connectivity index (χ2n) is 4.37. The van der Waals surface area contributed by atoms with E-state index in [1.54, 1.807) is 4.72 Å². The van der Waals surface area contributed by atoms with Crippen LogP contribution in [-0.2, 0) is 16.2 Å². The van der Waals surface area contributed by atoms with E-state index in [0.717, 1.165) is 6.07 Å². The smallest absolute Gasteiger partial charge is 0.278 e. The van der Waals surface area contributed by atoms with Crippen molar-refractivity contribution >= 4 is 27.3 Å². The van der Waals surface area contributed by atoms with Crippen LogP contribution >= 0.6 is 11.6 Å². The van der Waals surface area contributed by atoms with Gasteiger partial charge in [-0.15, -0.1) is 0 Å². The van der Waals surface area contributed by atoms with Crippen molar-refractivity contribution in [1.82, 2.24) is 0 Å². The molecule has 0 heterocycles. The van der Waals surface area contributed by atoms with Crippen LogP contribution in [-0.4, -0.2) is 8.42 Å². The van der Waals surface area contributed by atoms with Gasteiger partial charge in [-0.05, 0) is 30.3 Å². The summed E-state index contributed by atoms with van der Waals surface area (Å²) in [4.78, 5) is -0.924. The number of alkyl halides is 3. The third-order valence-electron chi connectivity index (χ3n) is 2.72. The minimum Gasteiger partial charge on any atom is -0.278 e. The molecule has 0 aliphatic rings. The van der Waals surface area contributed by atoms with Gasteiger partial charge in [-0.3, -0.25) is 4.72 Å². The average Bonchev–Trinajstić information content (AvgIpc) is 2.39. The van der Waals surface area contributed by atoms with Crippen molar-refractivity contribution in [3.8, 4) is 0 Å². The molecule has 1 N–H and O–H groups in total. The lowest BCUT2D eigenvalue weighted by Gasteiger charge is -2.13. The minimum absolute atomic E-state index is 0.316. The molecule has 0 aliphatic heterocycles. The van der Waals surface area contributed by atoms with E-state index in [9.17, 15) is 30.4 Å². The molecule has 0 unspecified atom stereocenters. The van der Waals surface area contributed by atoms with Crippen LogP contribution in [0.15, 0.2) is 41.3 Å².